The van der Waals surface area contributed by atoms with Crippen LogP contribution in [-0.4, -0.2) is 32.5 Å². The Labute approximate surface area is 229 Å². The van der Waals surface area contributed by atoms with E-state index in [2.05, 4.69) is 33.9 Å². The normalized spacial score (nSPS) is 15.5. The van der Waals surface area contributed by atoms with E-state index in [0.717, 1.165) is 63.7 Å². The molecule has 2 aromatic heterocycles. The Morgan fingerprint density at radius 2 is 1.76 bits per heavy atom. The number of thioether (sulfide) groups is 1. The number of pyridine rings is 1. The number of benzene rings is 3. The molecule has 0 saturated carbocycles. The van der Waals surface area contributed by atoms with Crippen LogP contribution in [0.5, 0.6) is 0 Å². The van der Waals surface area contributed by atoms with Crippen LogP contribution in [0.3, 0.4) is 0 Å². The molecule has 6 rings (SSSR count). The third kappa shape index (κ3) is 5.25. The quantitative estimate of drug-likeness (QED) is 0.194. The Morgan fingerprint density at radius 1 is 0.919 bits per heavy atom. The van der Waals surface area contributed by atoms with Gasteiger partial charge in [-0.1, -0.05) is 89.6 Å². The van der Waals surface area contributed by atoms with E-state index in [0.29, 0.717) is 22.3 Å². The minimum Gasteiger partial charge on any atom is -0.376 e. The fraction of sp³-hybridized carbons (Fsp3) is 0.207. The number of halogens is 2. The second-order valence-electron chi connectivity index (χ2n) is 9.03. The molecule has 0 aliphatic carbocycles. The van der Waals surface area contributed by atoms with Crippen molar-refractivity contribution in [1.82, 2.24) is 19.7 Å². The number of ether oxygens (including phenoxy) is 1. The topological polar surface area (TPSA) is 52.8 Å². The fourth-order valence-electron chi connectivity index (χ4n) is 4.65. The van der Waals surface area contributed by atoms with Crippen LogP contribution in [0.1, 0.15) is 18.4 Å². The summed E-state index contributed by atoms with van der Waals surface area (Å²) in [7, 11) is 0. The predicted molar refractivity (Wildman–Crippen MR) is 151 cm³/mol. The highest BCUT2D eigenvalue weighted by Gasteiger charge is 2.23. The Hall–Kier alpha value is -2.90. The lowest BCUT2D eigenvalue weighted by Crippen LogP contribution is -2.16. The smallest absolute Gasteiger partial charge is 0.191 e. The first-order valence-corrected chi connectivity index (χ1v) is 14.0. The summed E-state index contributed by atoms with van der Waals surface area (Å²) in [6, 6.07) is 26.3. The van der Waals surface area contributed by atoms with Crippen molar-refractivity contribution in [2.45, 2.75) is 36.4 Å². The third-order valence-corrected chi connectivity index (χ3v) is 8.28. The van der Waals surface area contributed by atoms with Gasteiger partial charge in [-0.2, -0.15) is 0 Å². The lowest BCUT2D eigenvalue weighted by Gasteiger charge is -2.16. The molecule has 1 aliphatic heterocycles. The SMILES string of the molecule is Clc1ccc(CSc2nnc(-c3cc(-c4ccccc4)nc4ccccc34)n2C[C@@H]2CCCO2)cc1Cl. The average Bonchev–Trinajstić information content (AvgIpc) is 3.59. The van der Waals surface area contributed by atoms with Crippen molar-refractivity contribution < 1.29 is 4.74 Å². The minimum atomic E-state index is 0.140. The lowest BCUT2D eigenvalue weighted by atomic mass is 10.0. The van der Waals surface area contributed by atoms with Gasteiger partial charge in [0, 0.05) is 28.9 Å². The van der Waals surface area contributed by atoms with E-state index >= 15 is 0 Å². The van der Waals surface area contributed by atoms with Crippen LogP contribution >= 0.6 is 35.0 Å². The molecule has 0 spiro atoms. The summed E-state index contributed by atoms with van der Waals surface area (Å²) in [5, 5.41) is 12.4. The third-order valence-electron chi connectivity index (χ3n) is 6.51. The van der Waals surface area contributed by atoms with Crippen molar-refractivity contribution in [1.29, 1.82) is 0 Å². The predicted octanol–water partition coefficient (Wildman–Crippen LogP) is 7.94. The molecular weight excluding hydrogens is 523 g/mol. The van der Waals surface area contributed by atoms with Crippen LogP contribution in [0, 0.1) is 0 Å². The molecule has 0 unspecified atom stereocenters. The highest BCUT2D eigenvalue weighted by atomic mass is 35.5. The first kappa shape index (κ1) is 24.4. The molecular formula is C29H24Cl2N4OS. The summed E-state index contributed by atoms with van der Waals surface area (Å²) in [6.45, 7) is 1.49. The van der Waals surface area contributed by atoms with E-state index in [1.807, 2.05) is 54.6 Å². The van der Waals surface area contributed by atoms with Gasteiger partial charge < -0.3 is 4.74 Å². The van der Waals surface area contributed by atoms with Gasteiger partial charge in [0.15, 0.2) is 11.0 Å². The van der Waals surface area contributed by atoms with Gasteiger partial charge in [-0.3, -0.25) is 4.57 Å². The Bertz CT molecular complexity index is 1550. The van der Waals surface area contributed by atoms with Crippen molar-refractivity contribution in [3.63, 3.8) is 0 Å². The van der Waals surface area contributed by atoms with Crippen molar-refractivity contribution in [2.24, 2.45) is 0 Å². The van der Waals surface area contributed by atoms with Gasteiger partial charge in [0.1, 0.15) is 0 Å². The highest BCUT2D eigenvalue weighted by molar-refractivity contribution is 7.98. The van der Waals surface area contributed by atoms with Crippen LogP contribution < -0.4 is 0 Å². The van der Waals surface area contributed by atoms with Gasteiger partial charge in [-0.25, -0.2) is 4.98 Å². The molecule has 3 heterocycles. The first-order chi connectivity index (χ1) is 18.2. The van der Waals surface area contributed by atoms with Crippen molar-refractivity contribution in [3.05, 3.63) is 94.5 Å². The summed E-state index contributed by atoms with van der Waals surface area (Å²) in [4.78, 5) is 4.95. The van der Waals surface area contributed by atoms with Crippen LogP contribution in [-0.2, 0) is 17.0 Å². The molecule has 5 nitrogen and oxygen atoms in total. The summed E-state index contributed by atoms with van der Waals surface area (Å²) >= 11 is 14.0. The maximum atomic E-state index is 6.25. The second kappa shape index (κ2) is 10.8. The number of nitrogens with zero attached hydrogens (tertiary/aromatic N) is 4. The second-order valence-corrected chi connectivity index (χ2v) is 10.8. The monoisotopic (exact) mass is 546 g/mol. The van der Waals surface area contributed by atoms with Crippen molar-refractivity contribution in [3.8, 4) is 22.6 Å². The van der Waals surface area contributed by atoms with E-state index < -0.39 is 0 Å². The van der Waals surface area contributed by atoms with Gasteiger partial charge in [0.25, 0.3) is 0 Å². The van der Waals surface area contributed by atoms with Crippen LogP contribution in [0.4, 0.5) is 0 Å². The molecule has 37 heavy (non-hydrogen) atoms. The molecule has 0 radical (unpaired) electrons. The molecule has 3 aromatic carbocycles. The van der Waals surface area contributed by atoms with E-state index in [9.17, 15) is 0 Å². The Balaban J connectivity index is 1.43. The van der Waals surface area contributed by atoms with E-state index in [1.54, 1.807) is 11.8 Å². The molecule has 1 fully saturated rings. The molecule has 1 atom stereocenters. The zero-order valence-corrected chi connectivity index (χ0v) is 22.3. The molecule has 0 bridgehead atoms. The van der Waals surface area contributed by atoms with E-state index in [4.69, 9.17) is 38.0 Å². The Morgan fingerprint density at radius 3 is 2.57 bits per heavy atom. The van der Waals surface area contributed by atoms with Gasteiger partial charge in [-0.15, -0.1) is 10.2 Å². The summed E-state index contributed by atoms with van der Waals surface area (Å²) < 4.78 is 8.22. The number of aromatic nitrogens is 4. The summed E-state index contributed by atoms with van der Waals surface area (Å²) in [5.74, 6) is 1.52. The summed E-state index contributed by atoms with van der Waals surface area (Å²) in [6.07, 6.45) is 2.24. The number of para-hydroxylation sites is 1. The molecule has 1 saturated heterocycles. The van der Waals surface area contributed by atoms with Crippen LogP contribution in [0.2, 0.25) is 10.0 Å². The standard InChI is InChI=1S/C29H24Cl2N4OS/c30-24-13-12-19(15-25(24)31)18-37-29-34-33-28(35(29)17-21-9-6-14-36-21)23-16-27(20-7-2-1-3-8-20)32-26-11-5-4-10-22(23)26/h1-5,7-8,10-13,15-16,21H,6,9,14,17-18H2/t21-/m0/s1. The van der Waals surface area contributed by atoms with Crippen LogP contribution in [0.25, 0.3) is 33.5 Å². The van der Waals surface area contributed by atoms with Gasteiger partial charge in [-0.05, 0) is 42.7 Å². The molecule has 0 amide bonds. The molecule has 0 N–H and O–H groups in total. The highest BCUT2D eigenvalue weighted by Crippen LogP contribution is 2.35. The molecule has 5 aromatic rings. The van der Waals surface area contributed by atoms with Crippen molar-refractivity contribution in [2.75, 3.05) is 6.61 Å². The number of hydrogen-bond acceptors (Lipinski definition) is 5. The maximum Gasteiger partial charge on any atom is 0.191 e. The zero-order valence-electron chi connectivity index (χ0n) is 20.0. The summed E-state index contributed by atoms with van der Waals surface area (Å²) in [5.41, 5.74) is 4.99. The van der Waals surface area contributed by atoms with Gasteiger partial charge >= 0.3 is 0 Å². The molecule has 8 heteroatoms. The van der Waals surface area contributed by atoms with E-state index in [-0.39, 0.29) is 6.10 Å². The average molecular weight is 548 g/mol. The number of hydrogen-bond donors (Lipinski definition) is 0. The number of fused-ring (bicyclic) bond motifs is 1. The minimum absolute atomic E-state index is 0.140. The Kier molecular flexibility index (Phi) is 7.16. The fourth-order valence-corrected chi connectivity index (χ4v) is 5.86. The molecule has 1 aliphatic rings. The maximum absolute atomic E-state index is 6.25. The largest absolute Gasteiger partial charge is 0.376 e. The van der Waals surface area contributed by atoms with Crippen molar-refractivity contribution >= 4 is 45.9 Å². The van der Waals surface area contributed by atoms with Gasteiger partial charge in [0.2, 0.25) is 0 Å². The zero-order chi connectivity index (χ0) is 25.2. The lowest BCUT2D eigenvalue weighted by molar-refractivity contribution is 0.0953. The van der Waals surface area contributed by atoms with E-state index in [1.165, 1.54) is 0 Å². The first-order valence-electron chi connectivity index (χ1n) is 12.2. The van der Waals surface area contributed by atoms with Gasteiger partial charge in [0.05, 0.1) is 33.9 Å². The molecule has 186 valence electrons. The van der Waals surface area contributed by atoms with Crippen LogP contribution in [0.15, 0.2) is 84.0 Å². The number of rotatable bonds is 7.